The van der Waals surface area contributed by atoms with Gasteiger partial charge in [0.05, 0.1) is 25.7 Å². The molecule has 2 atom stereocenters. The molecule has 1 N–H and O–H groups in total. The minimum atomic E-state index is -0.529. The van der Waals surface area contributed by atoms with Gasteiger partial charge in [-0.25, -0.2) is 4.79 Å². The third-order valence-electron chi connectivity index (χ3n) is 8.10. The predicted molar refractivity (Wildman–Crippen MR) is 132 cm³/mol. The number of hydrogen-bond donors (Lipinski definition) is 1. The van der Waals surface area contributed by atoms with Crippen molar-refractivity contribution < 1.29 is 24.2 Å². The van der Waals surface area contributed by atoms with Crippen LogP contribution in [0.5, 0.6) is 0 Å². The van der Waals surface area contributed by atoms with Gasteiger partial charge in [0.2, 0.25) is 0 Å². The monoisotopic (exact) mass is 464 g/mol. The number of ether oxygens (including phenoxy) is 2. The molecule has 0 radical (unpaired) electrons. The van der Waals surface area contributed by atoms with Crippen LogP contribution in [-0.4, -0.2) is 36.9 Å². The van der Waals surface area contributed by atoms with E-state index in [4.69, 9.17) is 14.6 Å². The molecule has 190 valence electrons. The molecule has 0 spiro atoms. The van der Waals surface area contributed by atoms with Gasteiger partial charge in [-0.3, -0.25) is 4.79 Å². The highest BCUT2D eigenvalue weighted by Crippen LogP contribution is 2.43. The lowest BCUT2D eigenvalue weighted by molar-refractivity contribution is -0.152. The molecule has 0 saturated heterocycles. The Morgan fingerprint density at radius 2 is 1.52 bits per heavy atom. The van der Waals surface area contributed by atoms with Crippen LogP contribution in [0.1, 0.15) is 97.3 Å². The van der Waals surface area contributed by atoms with Crippen molar-refractivity contribution >= 4 is 11.9 Å². The van der Waals surface area contributed by atoms with Gasteiger partial charge in [0.25, 0.3) is 0 Å². The molecular formula is C28H48O5. The molecule has 0 amide bonds. The predicted octanol–water partition coefficient (Wildman–Crippen LogP) is 6.09. The third-order valence-corrected chi connectivity index (χ3v) is 8.10. The van der Waals surface area contributed by atoms with Gasteiger partial charge in [-0.15, -0.1) is 0 Å². The van der Waals surface area contributed by atoms with Gasteiger partial charge in [0, 0.05) is 12.0 Å². The van der Waals surface area contributed by atoms with Crippen LogP contribution in [0, 0.1) is 35.5 Å². The number of aliphatic hydroxyl groups is 1. The topological polar surface area (TPSA) is 72.8 Å². The maximum absolute atomic E-state index is 12.0. The summed E-state index contributed by atoms with van der Waals surface area (Å²) in [5.74, 6) is 1.97. The van der Waals surface area contributed by atoms with E-state index in [1.54, 1.807) is 6.92 Å². The van der Waals surface area contributed by atoms with E-state index >= 15 is 0 Å². The van der Waals surface area contributed by atoms with Crippen LogP contribution >= 0.6 is 0 Å². The number of rotatable bonds is 14. The number of aliphatic hydroxyl groups excluding tert-OH is 1. The van der Waals surface area contributed by atoms with Gasteiger partial charge in [0.15, 0.2) is 0 Å². The molecular weight excluding hydrogens is 416 g/mol. The normalized spacial score (nSPS) is 27.4. The molecule has 0 aromatic rings. The smallest absolute Gasteiger partial charge is 0.330 e. The van der Waals surface area contributed by atoms with Crippen molar-refractivity contribution in [2.24, 2.45) is 35.5 Å². The Bertz CT molecular complexity index is 573. The second-order valence-corrected chi connectivity index (χ2v) is 10.7. The van der Waals surface area contributed by atoms with Crippen LogP contribution < -0.4 is 0 Å². The fourth-order valence-electron chi connectivity index (χ4n) is 5.86. The quantitative estimate of drug-likeness (QED) is 0.191. The number of hydrogen-bond acceptors (Lipinski definition) is 5. The van der Waals surface area contributed by atoms with Gasteiger partial charge >= 0.3 is 11.9 Å². The highest BCUT2D eigenvalue weighted by atomic mass is 16.5. The van der Waals surface area contributed by atoms with Gasteiger partial charge in [-0.2, -0.15) is 0 Å². The Morgan fingerprint density at radius 3 is 2.06 bits per heavy atom. The van der Waals surface area contributed by atoms with Gasteiger partial charge in [-0.05, 0) is 62.7 Å². The van der Waals surface area contributed by atoms with Crippen molar-refractivity contribution in [1.82, 2.24) is 0 Å². The number of unbranched alkanes of at least 4 members (excludes halogenated alkanes) is 2. The second-order valence-electron chi connectivity index (χ2n) is 10.7. The van der Waals surface area contributed by atoms with E-state index in [1.165, 1.54) is 83.1 Å². The molecule has 0 aromatic heterocycles. The van der Waals surface area contributed by atoms with E-state index in [-0.39, 0.29) is 25.7 Å². The molecule has 0 heterocycles. The van der Waals surface area contributed by atoms with E-state index in [0.717, 1.165) is 24.2 Å². The summed E-state index contributed by atoms with van der Waals surface area (Å²) in [4.78, 5) is 23.5. The van der Waals surface area contributed by atoms with E-state index < -0.39 is 17.9 Å². The molecule has 5 nitrogen and oxygen atoms in total. The minimum absolute atomic E-state index is 0.0103. The molecule has 0 bridgehead atoms. The summed E-state index contributed by atoms with van der Waals surface area (Å²) in [6.07, 6.45) is 18.4. The maximum atomic E-state index is 12.0. The Kier molecular flexibility index (Phi) is 13.1. The van der Waals surface area contributed by atoms with Crippen molar-refractivity contribution in [2.75, 3.05) is 19.8 Å². The molecule has 2 aliphatic carbocycles. The minimum Gasteiger partial charge on any atom is -0.465 e. The molecule has 2 unspecified atom stereocenters. The second kappa shape index (κ2) is 15.5. The lowest BCUT2D eigenvalue weighted by Crippen LogP contribution is -2.29. The summed E-state index contributed by atoms with van der Waals surface area (Å²) < 4.78 is 10.7. The average Bonchev–Trinajstić information content (AvgIpc) is 2.85. The van der Waals surface area contributed by atoms with E-state index in [1.807, 2.05) is 0 Å². The molecule has 33 heavy (non-hydrogen) atoms. The fraction of sp³-hybridized carbons (Fsp3) is 0.857. The maximum Gasteiger partial charge on any atom is 0.330 e. The standard InChI is InChI=1S/C28H48O5/c1-4-6-7-8-22-9-13-25(14-10-22)26-15-11-23(12-16-26)17-24(19-32-27(30)5-2)20-33-28(31)21(3)18-29/h5,21-26,29H,2,4,6-20H2,1,3H3. The van der Waals surface area contributed by atoms with E-state index in [0.29, 0.717) is 5.92 Å². The SMILES string of the molecule is C=CC(=O)OCC(COC(=O)C(C)CO)CC1CCC(C2CCC(CCCCC)CC2)CC1. The Balaban J connectivity index is 1.75. The lowest BCUT2D eigenvalue weighted by Gasteiger charge is -2.38. The zero-order chi connectivity index (χ0) is 24.1. The molecule has 2 aliphatic rings. The van der Waals surface area contributed by atoms with Crippen LogP contribution in [0.3, 0.4) is 0 Å². The van der Waals surface area contributed by atoms with Gasteiger partial charge in [-0.1, -0.05) is 64.9 Å². The van der Waals surface area contributed by atoms with Crippen LogP contribution in [0.15, 0.2) is 12.7 Å². The Hall–Kier alpha value is -1.36. The Morgan fingerprint density at radius 1 is 0.939 bits per heavy atom. The van der Waals surface area contributed by atoms with Crippen LogP contribution in [0.4, 0.5) is 0 Å². The fourth-order valence-corrected chi connectivity index (χ4v) is 5.86. The first-order chi connectivity index (χ1) is 16.0. The number of esters is 2. The molecule has 2 saturated carbocycles. The van der Waals surface area contributed by atoms with Crippen molar-refractivity contribution in [3.8, 4) is 0 Å². The van der Waals surface area contributed by atoms with Crippen molar-refractivity contribution in [3.05, 3.63) is 12.7 Å². The van der Waals surface area contributed by atoms with E-state index in [9.17, 15) is 9.59 Å². The van der Waals surface area contributed by atoms with Crippen molar-refractivity contribution in [2.45, 2.75) is 97.3 Å². The summed E-state index contributed by atoms with van der Waals surface area (Å²) in [6.45, 7) is 7.64. The number of carbonyl (C=O) groups is 2. The molecule has 5 heteroatoms. The summed E-state index contributed by atoms with van der Waals surface area (Å²) in [6, 6.07) is 0. The first kappa shape index (κ1) is 27.9. The lowest BCUT2D eigenvalue weighted by atomic mass is 9.68. The van der Waals surface area contributed by atoms with Crippen molar-refractivity contribution in [3.63, 3.8) is 0 Å². The highest BCUT2D eigenvalue weighted by molar-refractivity contribution is 5.81. The van der Waals surface area contributed by atoms with Crippen LogP contribution in [0.2, 0.25) is 0 Å². The summed E-state index contributed by atoms with van der Waals surface area (Å²) >= 11 is 0. The zero-order valence-electron chi connectivity index (χ0n) is 21.1. The largest absolute Gasteiger partial charge is 0.465 e. The molecule has 0 aromatic carbocycles. The summed E-state index contributed by atoms with van der Waals surface area (Å²) in [5.41, 5.74) is 0. The summed E-state index contributed by atoms with van der Waals surface area (Å²) in [7, 11) is 0. The summed E-state index contributed by atoms with van der Waals surface area (Å²) in [5, 5.41) is 9.15. The molecule has 2 rings (SSSR count). The van der Waals surface area contributed by atoms with E-state index in [2.05, 4.69) is 13.5 Å². The number of carbonyl (C=O) groups excluding carboxylic acids is 2. The molecule has 2 fully saturated rings. The highest BCUT2D eigenvalue weighted by Gasteiger charge is 2.32. The van der Waals surface area contributed by atoms with Gasteiger partial charge in [0.1, 0.15) is 0 Å². The zero-order valence-corrected chi connectivity index (χ0v) is 21.1. The Labute approximate surface area is 201 Å². The first-order valence-corrected chi connectivity index (χ1v) is 13.5. The first-order valence-electron chi connectivity index (χ1n) is 13.5. The van der Waals surface area contributed by atoms with Crippen molar-refractivity contribution in [1.29, 1.82) is 0 Å². The average molecular weight is 465 g/mol. The third kappa shape index (κ3) is 10.2. The van der Waals surface area contributed by atoms with Crippen LogP contribution in [-0.2, 0) is 19.1 Å². The van der Waals surface area contributed by atoms with Crippen LogP contribution in [0.25, 0.3) is 0 Å². The van der Waals surface area contributed by atoms with Gasteiger partial charge < -0.3 is 14.6 Å². The molecule has 0 aliphatic heterocycles.